The molecule has 0 aliphatic carbocycles. The topological polar surface area (TPSA) is 58.1 Å². The molecule has 1 atom stereocenters. The smallest absolute Gasteiger partial charge is 0.191 e. The summed E-state index contributed by atoms with van der Waals surface area (Å²) in [5, 5.41) is 6.59. The maximum Gasteiger partial charge on any atom is 0.191 e. The Bertz CT molecular complexity index is 641. The molecule has 1 unspecified atom stereocenters. The summed E-state index contributed by atoms with van der Waals surface area (Å²) < 4.78 is 25.7. The molecular weight excluding hydrogens is 347 g/mol. The summed E-state index contributed by atoms with van der Waals surface area (Å²) >= 11 is 0. The Labute approximate surface area is 161 Å². The fourth-order valence-electron chi connectivity index (χ4n) is 3.47. The normalized spacial score (nSPS) is 23.5. The number of morpholine rings is 1. The minimum atomic E-state index is -0.200. The summed E-state index contributed by atoms with van der Waals surface area (Å²) in [4.78, 5) is 6.63. The molecule has 2 N–H and O–H groups in total. The highest BCUT2D eigenvalue weighted by Gasteiger charge is 2.29. The third kappa shape index (κ3) is 5.56. The zero-order valence-corrected chi connectivity index (χ0v) is 16.4. The number of aliphatic imine (C=N–C) groups is 1. The summed E-state index contributed by atoms with van der Waals surface area (Å²) in [6, 6.07) is 5.38. The van der Waals surface area contributed by atoms with Crippen LogP contribution in [0.2, 0.25) is 0 Å². The Morgan fingerprint density at radius 3 is 2.74 bits per heavy atom. The SMILES string of the molecule is CCNC(=NCc1ccc(N2CCOCC2)c(F)c1)NCC1(C)CCCO1. The monoisotopic (exact) mass is 378 g/mol. The van der Waals surface area contributed by atoms with Gasteiger partial charge in [0.05, 0.1) is 31.0 Å². The van der Waals surface area contributed by atoms with Gasteiger partial charge in [-0.25, -0.2) is 9.38 Å². The van der Waals surface area contributed by atoms with Crippen molar-refractivity contribution >= 4 is 11.6 Å². The van der Waals surface area contributed by atoms with Crippen LogP contribution >= 0.6 is 0 Å². The van der Waals surface area contributed by atoms with E-state index in [1.54, 1.807) is 6.07 Å². The van der Waals surface area contributed by atoms with Gasteiger partial charge in [0.15, 0.2) is 5.96 Å². The van der Waals surface area contributed by atoms with Crippen LogP contribution in [0.1, 0.15) is 32.3 Å². The Balaban J connectivity index is 1.60. The third-order valence-corrected chi connectivity index (χ3v) is 5.06. The molecule has 6 nitrogen and oxygen atoms in total. The molecule has 1 aromatic carbocycles. The van der Waals surface area contributed by atoms with Crippen molar-refractivity contribution in [2.75, 3.05) is 50.9 Å². The lowest BCUT2D eigenvalue weighted by Gasteiger charge is -2.29. The molecule has 2 aliphatic rings. The van der Waals surface area contributed by atoms with Gasteiger partial charge in [0.2, 0.25) is 0 Å². The van der Waals surface area contributed by atoms with Crippen LogP contribution in [0.15, 0.2) is 23.2 Å². The van der Waals surface area contributed by atoms with Crippen LogP contribution in [0.4, 0.5) is 10.1 Å². The summed E-state index contributed by atoms with van der Waals surface area (Å²) in [5.41, 5.74) is 1.36. The van der Waals surface area contributed by atoms with E-state index in [0.717, 1.165) is 50.6 Å². The fraction of sp³-hybridized carbons (Fsp3) is 0.650. The molecule has 7 heteroatoms. The number of rotatable bonds is 6. The summed E-state index contributed by atoms with van der Waals surface area (Å²) in [6.07, 6.45) is 2.15. The number of hydrogen-bond acceptors (Lipinski definition) is 4. The van der Waals surface area contributed by atoms with Crippen molar-refractivity contribution in [1.82, 2.24) is 10.6 Å². The van der Waals surface area contributed by atoms with E-state index in [1.807, 2.05) is 24.0 Å². The van der Waals surface area contributed by atoms with Crippen LogP contribution in [-0.2, 0) is 16.0 Å². The molecular formula is C20H31FN4O2. The lowest BCUT2D eigenvalue weighted by molar-refractivity contribution is 0.0243. The molecule has 3 rings (SSSR count). The highest BCUT2D eigenvalue weighted by atomic mass is 19.1. The predicted molar refractivity (Wildman–Crippen MR) is 106 cm³/mol. The molecule has 0 aromatic heterocycles. The van der Waals surface area contributed by atoms with E-state index in [2.05, 4.69) is 22.5 Å². The molecule has 0 bridgehead atoms. The van der Waals surface area contributed by atoms with Crippen molar-refractivity contribution < 1.29 is 13.9 Å². The van der Waals surface area contributed by atoms with Crippen molar-refractivity contribution in [1.29, 1.82) is 0 Å². The Hall–Kier alpha value is -1.86. The van der Waals surface area contributed by atoms with Crippen LogP contribution in [-0.4, -0.2) is 57.6 Å². The van der Waals surface area contributed by atoms with Gasteiger partial charge in [0, 0.05) is 32.8 Å². The Kier molecular flexibility index (Phi) is 6.90. The molecule has 2 fully saturated rings. The maximum atomic E-state index is 14.5. The van der Waals surface area contributed by atoms with Gasteiger partial charge in [0.1, 0.15) is 5.82 Å². The molecule has 2 saturated heterocycles. The lowest BCUT2D eigenvalue weighted by atomic mass is 10.0. The van der Waals surface area contributed by atoms with Gasteiger partial charge in [0.25, 0.3) is 0 Å². The average Bonchev–Trinajstić information content (AvgIpc) is 3.12. The van der Waals surface area contributed by atoms with E-state index in [9.17, 15) is 4.39 Å². The van der Waals surface area contributed by atoms with E-state index < -0.39 is 0 Å². The van der Waals surface area contributed by atoms with E-state index in [0.29, 0.717) is 32.0 Å². The van der Waals surface area contributed by atoms with Crippen molar-refractivity contribution in [3.63, 3.8) is 0 Å². The number of nitrogens with zero attached hydrogens (tertiary/aromatic N) is 2. The number of guanidine groups is 1. The molecule has 1 aromatic rings. The van der Waals surface area contributed by atoms with E-state index in [4.69, 9.17) is 9.47 Å². The number of halogens is 1. The molecule has 0 radical (unpaired) electrons. The van der Waals surface area contributed by atoms with Gasteiger partial charge in [-0.3, -0.25) is 0 Å². The van der Waals surface area contributed by atoms with Gasteiger partial charge in [-0.2, -0.15) is 0 Å². The molecule has 27 heavy (non-hydrogen) atoms. The number of anilines is 1. The first-order valence-corrected chi connectivity index (χ1v) is 9.87. The Morgan fingerprint density at radius 1 is 1.26 bits per heavy atom. The number of nitrogens with one attached hydrogen (secondary N) is 2. The van der Waals surface area contributed by atoms with Gasteiger partial charge in [-0.1, -0.05) is 6.07 Å². The van der Waals surface area contributed by atoms with Gasteiger partial charge in [-0.05, 0) is 44.4 Å². The average molecular weight is 378 g/mol. The maximum absolute atomic E-state index is 14.5. The second-order valence-corrected chi connectivity index (χ2v) is 7.34. The first kappa shape index (κ1) is 19.9. The first-order chi connectivity index (χ1) is 13.1. The van der Waals surface area contributed by atoms with Gasteiger partial charge < -0.3 is 25.0 Å². The van der Waals surface area contributed by atoms with Crippen molar-refractivity contribution in [2.24, 2.45) is 4.99 Å². The second kappa shape index (κ2) is 9.37. The van der Waals surface area contributed by atoms with Crippen LogP contribution in [0, 0.1) is 5.82 Å². The zero-order chi connectivity index (χ0) is 19.1. The van der Waals surface area contributed by atoms with E-state index in [-0.39, 0.29) is 11.4 Å². The molecule has 2 heterocycles. The largest absolute Gasteiger partial charge is 0.378 e. The van der Waals surface area contributed by atoms with Crippen LogP contribution in [0.3, 0.4) is 0 Å². The predicted octanol–water partition coefficient (Wildman–Crippen LogP) is 2.29. The third-order valence-electron chi connectivity index (χ3n) is 5.06. The van der Waals surface area contributed by atoms with E-state index >= 15 is 0 Å². The fourth-order valence-corrected chi connectivity index (χ4v) is 3.47. The summed E-state index contributed by atoms with van der Waals surface area (Å²) in [6.45, 7) is 9.62. The number of hydrogen-bond donors (Lipinski definition) is 2. The van der Waals surface area contributed by atoms with Crippen LogP contribution < -0.4 is 15.5 Å². The van der Waals surface area contributed by atoms with Gasteiger partial charge in [-0.15, -0.1) is 0 Å². The standard InChI is InChI=1S/C20H31FN4O2/c1-3-22-19(24-15-20(2)7-4-10-27-20)23-14-16-5-6-18(17(21)13-16)25-8-11-26-12-9-25/h5-6,13H,3-4,7-12,14-15H2,1-2H3,(H2,22,23,24). The molecule has 0 saturated carbocycles. The second-order valence-electron chi connectivity index (χ2n) is 7.34. The van der Waals surface area contributed by atoms with Crippen LogP contribution in [0.25, 0.3) is 0 Å². The minimum Gasteiger partial charge on any atom is -0.378 e. The van der Waals surface area contributed by atoms with E-state index in [1.165, 1.54) is 0 Å². The molecule has 0 spiro atoms. The van der Waals surface area contributed by atoms with Crippen molar-refractivity contribution in [3.05, 3.63) is 29.6 Å². The van der Waals surface area contributed by atoms with Crippen molar-refractivity contribution in [2.45, 2.75) is 38.8 Å². The summed E-state index contributed by atoms with van der Waals surface area (Å²) in [5.74, 6) is 0.529. The Morgan fingerprint density at radius 2 is 2.07 bits per heavy atom. The van der Waals surface area contributed by atoms with Crippen LogP contribution in [0.5, 0.6) is 0 Å². The zero-order valence-electron chi connectivity index (χ0n) is 16.4. The quantitative estimate of drug-likeness (QED) is 0.588. The van der Waals surface area contributed by atoms with Gasteiger partial charge >= 0.3 is 0 Å². The summed E-state index contributed by atoms with van der Waals surface area (Å²) in [7, 11) is 0. The minimum absolute atomic E-state index is 0.137. The highest BCUT2D eigenvalue weighted by molar-refractivity contribution is 5.79. The highest BCUT2D eigenvalue weighted by Crippen LogP contribution is 2.24. The molecule has 150 valence electrons. The van der Waals surface area contributed by atoms with Crippen molar-refractivity contribution in [3.8, 4) is 0 Å². The molecule has 0 amide bonds. The first-order valence-electron chi connectivity index (χ1n) is 9.87. The lowest BCUT2D eigenvalue weighted by Crippen LogP contribution is -2.45. The number of benzene rings is 1. The molecule has 2 aliphatic heterocycles. The number of ether oxygens (including phenoxy) is 2.